The second kappa shape index (κ2) is 21.2. The number of hydrogen-bond donors (Lipinski definition) is 1. The molecule has 0 aromatic heterocycles. The minimum absolute atomic E-state index is 0.0788. The summed E-state index contributed by atoms with van der Waals surface area (Å²) in [5.41, 5.74) is 2.99. The molecule has 1 amide bonds. The molecule has 0 saturated heterocycles. The maximum atomic E-state index is 12.2. The van der Waals surface area contributed by atoms with E-state index < -0.39 is 8.80 Å². The lowest BCUT2D eigenvalue weighted by Gasteiger charge is -2.28. The van der Waals surface area contributed by atoms with Crippen molar-refractivity contribution < 1.29 is 22.8 Å². The average Bonchev–Trinajstić information content (AvgIpc) is 2.98. The van der Waals surface area contributed by atoms with Gasteiger partial charge in [-0.15, -0.1) is 0 Å². The molecule has 228 valence electrons. The second-order valence-electron chi connectivity index (χ2n) is 9.91. The van der Waals surface area contributed by atoms with Gasteiger partial charge in [-0.1, -0.05) is 31.9 Å². The van der Waals surface area contributed by atoms with Crippen LogP contribution in [-0.2, 0) is 24.5 Å². The molecule has 0 radical (unpaired) electrons. The third kappa shape index (κ3) is 14.7. The second-order valence-corrected chi connectivity index (χ2v) is 12.6. The first-order chi connectivity index (χ1) is 20.0. The summed E-state index contributed by atoms with van der Waals surface area (Å²) < 4.78 is 23.4. The van der Waals surface area contributed by atoms with Gasteiger partial charge in [-0.25, -0.2) is 0 Å². The van der Waals surface area contributed by atoms with Crippen LogP contribution in [0.5, 0.6) is 5.75 Å². The van der Waals surface area contributed by atoms with Gasteiger partial charge < -0.3 is 23.3 Å². The number of carbonyl (C=O) groups is 1. The number of carbonyl (C=O) groups excluding carboxylic acids is 1. The van der Waals surface area contributed by atoms with Gasteiger partial charge in [0.2, 0.25) is 5.91 Å². The molecule has 2 aromatic rings. The third-order valence-corrected chi connectivity index (χ3v) is 9.67. The van der Waals surface area contributed by atoms with Crippen LogP contribution in [0.1, 0.15) is 84.6 Å². The van der Waals surface area contributed by atoms with Gasteiger partial charge >= 0.3 is 8.80 Å². The van der Waals surface area contributed by atoms with Gasteiger partial charge in [0.25, 0.3) is 0 Å². The molecule has 0 saturated carbocycles. The summed E-state index contributed by atoms with van der Waals surface area (Å²) in [7, 11) is -2.64. The molecule has 41 heavy (non-hydrogen) atoms. The highest BCUT2D eigenvalue weighted by Gasteiger charge is 2.39. The highest BCUT2D eigenvalue weighted by atomic mass is 28.4. The lowest BCUT2D eigenvalue weighted by Crippen LogP contribution is -2.46. The Morgan fingerprint density at radius 2 is 1.34 bits per heavy atom. The molecule has 0 aliphatic rings. The third-order valence-electron chi connectivity index (χ3n) is 6.51. The molecule has 0 aliphatic carbocycles. The van der Waals surface area contributed by atoms with Crippen molar-refractivity contribution in [1.29, 1.82) is 0 Å². The number of nitrogens with one attached hydrogen (secondary N) is 1. The lowest BCUT2D eigenvalue weighted by atomic mass is 10.1. The Labute approximate surface area is 248 Å². The van der Waals surface area contributed by atoms with E-state index in [1.807, 2.05) is 57.2 Å². The Bertz CT molecular complexity index is 969. The Kier molecular flexibility index (Phi) is 17.9. The van der Waals surface area contributed by atoms with Crippen LogP contribution >= 0.6 is 0 Å². The summed E-state index contributed by atoms with van der Waals surface area (Å²) in [5.74, 6) is 0.888. The average molecular weight is 586 g/mol. The van der Waals surface area contributed by atoms with Crippen LogP contribution in [0.4, 0.5) is 11.4 Å². The van der Waals surface area contributed by atoms with Crippen molar-refractivity contribution in [2.45, 2.75) is 91.5 Å². The van der Waals surface area contributed by atoms with Crippen LogP contribution < -0.4 is 10.1 Å². The van der Waals surface area contributed by atoms with E-state index in [9.17, 15) is 4.79 Å². The maximum Gasteiger partial charge on any atom is 0.500 e. The van der Waals surface area contributed by atoms with E-state index in [1.165, 1.54) is 24.8 Å². The molecule has 0 heterocycles. The number of aryl methyl sites for hydroxylation is 1. The summed E-state index contributed by atoms with van der Waals surface area (Å²) in [5, 5.41) is 11.7. The van der Waals surface area contributed by atoms with Gasteiger partial charge in [0.05, 0.1) is 18.0 Å². The van der Waals surface area contributed by atoms with Crippen molar-refractivity contribution in [2.75, 3.05) is 33.0 Å². The Morgan fingerprint density at radius 1 is 0.732 bits per heavy atom. The first kappa shape index (κ1) is 34.6. The number of nitrogens with zero attached hydrogens (tertiary/aromatic N) is 2. The number of azo groups is 1. The van der Waals surface area contributed by atoms with Crippen LogP contribution in [0.2, 0.25) is 6.04 Å². The fourth-order valence-electron chi connectivity index (χ4n) is 4.41. The molecule has 2 rings (SSSR count). The number of benzene rings is 2. The van der Waals surface area contributed by atoms with Crippen molar-refractivity contribution in [2.24, 2.45) is 10.2 Å². The molecule has 8 nitrogen and oxygen atoms in total. The van der Waals surface area contributed by atoms with Gasteiger partial charge in [0.15, 0.2) is 0 Å². The fourth-order valence-corrected chi connectivity index (χ4v) is 7.02. The largest absolute Gasteiger partial charge is 0.500 e. The van der Waals surface area contributed by atoms with Crippen molar-refractivity contribution in [3.8, 4) is 5.75 Å². The molecular weight excluding hydrogens is 534 g/mol. The molecule has 0 aliphatic heterocycles. The van der Waals surface area contributed by atoms with Crippen molar-refractivity contribution in [3.05, 3.63) is 54.1 Å². The van der Waals surface area contributed by atoms with E-state index in [2.05, 4.69) is 34.6 Å². The number of ether oxygens (including phenoxy) is 1. The lowest BCUT2D eigenvalue weighted by molar-refractivity contribution is -0.121. The summed E-state index contributed by atoms with van der Waals surface area (Å²) in [6, 6.07) is 16.7. The van der Waals surface area contributed by atoms with Gasteiger partial charge in [0, 0.05) is 38.8 Å². The molecule has 1 N–H and O–H groups in total. The number of hydrogen-bond acceptors (Lipinski definition) is 7. The molecular formula is C32H51N3O5Si. The number of rotatable bonds is 23. The zero-order chi connectivity index (χ0) is 29.6. The van der Waals surface area contributed by atoms with Crippen LogP contribution in [0, 0.1) is 0 Å². The SMILES string of the molecule is CCCCCc1ccc(N=Nc2ccc(OCCCCCC(=O)NCCC[Si](OCC)(OCC)OCC)cc2)cc1. The number of amides is 1. The number of unbranched alkanes of at least 4 members (excludes halogenated alkanes) is 4. The summed E-state index contributed by atoms with van der Waals surface area (Å²) in [6.07, 6.45) is 8.82. The maximum absolute atomic E-state index is 12.2. The minimum Gasteiger partial charge on any atom is -0.494 e. The van der Waals surface area contributed by atoms with E-state index in [0.29, 0.717) is 45.4 Å². The van der Waals surface area contributed by atoms with E-state index in [1.54, 1.807) is 0 Å². The molecule has 0 atom stereocenters. The normalized spacial score (nSPS) is 11.7. The molecule has 0 fully saturated rings. The first-order valence-electron chi connectivity index (χ1n) is 15.5. The molecule has 0 spiro atoms. The van der Waals surface area contributed by atoms with Crippen molar-refractivity contribution in [3.63, 3.8) is 0 Å². The van der Waals surface area contributed by atoms with Crippen LogP contribution in [0.15, 0.2) is 58.8 Å². The zero-order valence-electron chi connectivity index (χ0n) is 25.7. The first-order valence-corrected chi connectivity index (χ1v) is 17.4. The van der Waals surface area contributed by atoms with Crippen molar-refractivity contribution in [1.82, 2.24) is 5.32 Å². The van der Waals surface area contributed by atoms with E-state index in [0.717, 1.165) is 49.2 Å². The zero-order valence-corrected chi connectivity index (χ0v) is 26.7. The summed E-state index contributed by atoms with van der Waals surface area (Å²) in [6.45, 7) is 11.0. The molecule has 0 unspecified atom stereocenters. The van der Waals surface area contributed by atoms with Gasteiger partial charge in [-0.05, 0) is 101 Å². The molecule has 9 heteroatoms. The molecule has 0 bridgehead atoms. The predicted octanol–water partition coefficient (Wildman–Crippen LogP) is 8.33. The predicted molar refractivity (Wildman–Crippen MR) is 167 cm³/mol. The Balaban J connectivity index is 1.58. The quantitative estimate of drug-likeness (QED) is 0.0804. The van der Waals surface area contributed by atoms with Crippen LogP contribution in [0.3, 0.4) is 0 Å². The smallest absolute Gasteiger partial charge is 0.494 e. The standard InChI is InChI=1S/C32H51N3O5Si/c1-5-9-11-15-28-17-19-29(20-18-28)34-35-30-21-23-31(24-22-30)37-26-13-10-12-16-32(36)33-25-14-27-41(38-6-2,39-7-3)40-8-4/h17-24H,5-16,25-27H2,1-4H3,(H,33,36). The van der Waals surface area contributed by atoms with Gasteiger partial charge in [-0.3, -0.25) is 4.79 Å². The molecule has 2 aromatic carbocycles. The van der Waals surface area contributed by atoms with E-state index >= 15 is 0 Å². The summed E-state index contributed by atoms with van der Waals surface area (Å²) >= 11 is 0. The van der Waals surface area contributed by atoms with Crippen molar-refractivity contribution >= 4 is 26.1 Å². The topological polar surface area (TPSA) is 90.7 Å². The van der Waals surface area contributed by atoms with Gasteiger partial charge in [-0.2, -0.15) is 10.2 Å². The van der Waals surface area contributed by atoms with Crippen LogP contribution in [-0.4, -0.2) is 47.7 Å². The minimum atomic E-state index is -2.64. The highest BCUT2D eigenvalue weighted by molar-refractivity contribution is 6.60. The Hall–Kier alpha value is -2.59. The van der Waals surface area contributed by atoms with Gasteiger partial charge in [0.1, 0.15) is 5.75 Å². The summed E-state index contributed by atoms with van der Waals surface area (Å²) in [4.78, 5) is 12.2. The monoisotopic (exact) mass is 585 g/mol. The van der Waals surface area contributed by atoms with E-state index in [4.69, 9.17) is 18.0 Å². The van der Waals surface area contributed by atoms with E-state index in [-0.39, 0.29) is 5.91 Å². The van der Waals surface area contributed by atoms with Crippen LogP contribution in [0.25, 0.3) is 0 Å². The Morgan fingerprint density at radius 3 is 1.93 bits per heavy atom. The fraction of sp³-hybridized carbons (Fsp3) is 0.594. The highest BCUT2D eigenvalue weighted by Crippen LogP contribution is 2.22.